The van der Waals surface area contributed by atoms with Crippen molar-refractivity contribution < 1.29 is 42.7 Å². The lowest BCUT2D eigenvalue weighted by Crippen LogP contribution is -2.07. The highest BCUT2D eigenvalue weighted by atomic mass is 16.6. The molecule has 1 aliphatic heterocycles. The molecular weight excluding hydrogens is 434 g/mol. The van der Waals surface area contributed by atoms with E-state index in [0.29, 0.717) is 28.4 Å². The lowest BCUT2D eigenvalue weighted by Gasteiger charge is -2.13. The quantitative estimate of drug-likeness (QED) is 0.335. The van der Waals surface area contributed by atoms with Gasteiger partial charge in [0.05, 0.1) is 35.5 Å². The summed E-state index contributed by atoms with van der Waals surface area (Å²) in [5, 5.41) is 0. The molecule has 0 saturated carbocycles. The lowest BCUT2D eigenvalue weighted by molar-refractivity contribution is -0.132. The molecule has 0 bridgehead atoms. The zero-order valence-electron chi connectivity index (χ0n) is 19.0. The molecule has 0 aliphatic carbocycles. The molecule has 0 aromatic heterocycles. The van der Waals surface area contributed by atoms with Crippen molar-refractivity contribution >= 4 is 23.9 Å². The van der Waals surface area contributed by atoms with Gasteiger partial charge >= 0.3 is 11.9 Å². The Morgan fingerprint density at radius 3 is 1.79 bits per heavy atom. The number of rotatable bonds is 8. The van der Waals surface area contributed by atoms with Gasteiger partial charge in [-0.2, -0.15) is 0 Å². The molecule has 2 aromatic carbocycles. The van der Waals surface area contributed by atoms with Gasteiger partial charge in [-0.3, -0.25) is 4.79 Å². The Morgan fingerprint density at radius 1 is 0.818 bits per heavy atom. The zero-order valence-corrected chi connectivity index (χ0v) is 19.0. The van der Waals surface area contributed by atoms with Gasteiger partial charge in [0.25, 0.3) is 0 Å². The van der Waals surface area contributed by atoms with Crippen LogP contribution in [-0.4, -0.2) is 53.4 Å². The Labute approximate surface area is 190 Å². The first kappa shape index (κ1) is 23.5. The van der Waals surface area contributed by atoms with Gasteiger partial charge in [-0.25, -0.2) is 9.79 Å². The number of nitrogens with zero attached hydrogens (tertiary/aromatic N) is 1. The number of cyclic esters (lactones) is 1. The van der Waals surface area contributed by atoms with Gasteiger partial charge in [0, 0.05) is 12.5 Å². The molecule has 0 amide bonds. The van der Waals surface area contributed by atoms with Crippen LogP contribution in [0.5, 0.6) is 34.5 Å². The number of methoxy groups -OCH3 is 5. The maximum atomic E-state index is 12.5. The average molecular weight is 457 g/mol. The van der Waals surface area contributed by atoms with Crippen LogP contribution >= 0.6 is 0 Å². The average Bonchev–Trinajstić information content (AvgIpc) is 3.18. The number of hydrogen-bond donors (Lipinski definition) is 0. The molecule has 0 saturated heterocycles. The van der Waals surface area contributed by atoms with Crippen molar-refractivity contribution in [3.05, 3.63) is 41.1 Å². The molecule has 0 fully saturated rings. The minimum atomic E-state index is -0.652. The molecule has 0 spiro atoms. The summed E-state index contributed by atoms with van der Waals surface area (Å²) in [5.74, 6) is 0.686. The number of carbonyl (C=O) groups is 2. The summed E-state index contributed by atoms with van der Waals surface area (Å²) in [6.07, 6.45) is 1.50. The summed E-state index contributed by atoms with van der Waals surface area (Å²) in [7, 11) is 7.29. The van der Waals surface area contributed by atoms with Gasteiger partial charge < -0.3 is 33.2 Å². The van der Waals surface area contributed by atoms with Crippen LogP contribution in [0.15, 0.2) is 35.0 Å². The highest BCUT2D eigenvalue weighted by Crippen LogP contribution is 2.40. The molecule has 0 radical (unpaired) electrons. The van der Waals surface area contributed by atoms with Crippen molar-refractivity contribution in [3.63, 3.8) is 0 Å². The second-order valence-corrected chi connectivity index (χ2v) is 6.60. The van der Waals surface area contributed by atoms with Crippen molar-refractivity contribution in [3.8, 4) is 34.5 Å². The maximum Gasteiger partial charge on any atom is 0.363 e. The van der Waals surface area contributed by atoms with Crippen molar-refractivity contribution in [2.75, 3.05) is 35.5 Å². The van der Waals surface area contributed by atoms with E-state index in [1.165, 1.54) is 48.5 Å². The van der Waals surface area contributed by atoms with Crippen LogP contribution in [0, 0.1) is 0 Å². The smallest absolute Gasteiger partial charge is 0.363 e. The molecule has 0 unspecified atom stereocenters. The molecule has 1 heterocycles. The molecule has 1 aliphatic rings. The van der Waals surface area contributed by atoms with E-state index in [2.05, 4.69) is 4.99 Å². The van der Waals surface area contributed by atoms with Crippen molar-refractivity contribution in [2.45, 2.75) is 6.92 Å². The minimum Gasteiger partial charge on any atom is -0.493 e. The molecule has 3 rings (SSSR count). The van der Waals surface area contributed by atoms with E-state index in [0.717, 1.165) is 0 Å². The molecule has 174 valence electrons. The summed E-state index contributed by atoms with van der Waals surface area (Å²) >= 11 is 0. The van der Waals surface area contributed by atoms with Crippen LogP contribution in [0.2, 0.25) is 0 Å². The first-order chi connectivity index (χ1) is 15.8. The number of hydrogen-bond acceptors (Lipinski definition) is 10. The van der Waals surface area contributed by atoms with E-state index in [4.69, 9.17) is 33.2 Å². The first-order valence-electron chi connectivity index (χ1n) is 9.62. The standard InChI is InChI=1S/C23H23NO9/c1-12(25)32-21-16(27-2)8-13(9-17(21)28-3)7-15-23(26)33-22(24-15)14-10-18(29-4)20(31-6)19(11-14)30-5/h7-11H,1-6H3. The largest absolute Gasteiger partial charge is 0.493 e. The highest BCUT2D eigenvalue weighted by Gasteiger charge is 2.27. The minimum absolute atomic E-state index is 0.0445. The molecule has 0 N–H and O–H groups in total. The summed E-state index contributed by atoms with van der Waals surface area (Å²) in [4.78, 5) is 28.2. The fraction of sp³-hybridized carbons (Fsp3) is 0.261. The van der Waals surface area contributed by atoms with Crippen LogP contribution < -0.4 is 28.4 Å². The summed E-state index contributed by atoms with van der Waals surface area (Å²) in [6.45, 7) is 1.27. The summed E-state index contributed by atoms with van der Waals surface area (Å²) in [6, 6.07) is 6.40. The molecule has 10 heteroatoms. The topological polar surface area (TPSA) is 111 Å². The number of benzene rings is 2. The van der Waals surface area contributed by atoms with Crippen LogP contribution in [0.1, 0.15) is 18.1 Å². The fourth-order valence-electron chi connectivity index (χ4n) is 3.12. The Morgan fingerprint density at radius 2 is 1.33 bits per heavy atom. The van der Waals surface area contributed by atoms with Crippen molar-refractivity contribution in [1.29, 1.82) is 0 Å². The van der Waals surface area contributed by atoms with E-state index in [-0.39, 0.29) is 28.8 Å². The maximum absolute atomic E-state index is 12.5. The molecule has 10 nitrogen and oxygen atoms in total. The van der Waals surface area contributed by atoms with Gasteiger partial charge in [-0.1, -0.05) is 0 Å². The Hall–Kier alpha value is -4.21. The predicted molar refractivity (Wildman–Crippen MR) is 118 cm³/mol. The zero-order chi connectivity index (χ0) is 24.1. The van der Waals surface area contributed by atoms with Crippen LogP contribution in [0.25, 0.3) is 6.08 Å². The molecule has 2 aromatic rings. The second kappa shape index (κ2) is 9.94. The number of esters is 2. The third kappa shape index (κ3) is 4.84. The lowest BCUT2D eigenvalue weighted by atomic mass is 10.1. The normalized spacial score (nSPS) is 13.8. The van der Waals surface area contributed by atoms with E-state index in [9.17, 15) is 9.59 Å². The van der Waals surface area contributed by atoms with Gasteiger partial charge in [0.2, 0.25) is 17.4 Å². The van der Waals surface area contributed by atoms with Crippen LogP contribution in [-0.2, 0) is 14.3 Å². The molecule has 0 atom stereocenters. The van der Waals surface area contributed by atoms with Gasteiger partial charge in [-0.05, 0) is 35.9 Å². The predicted octanol–water partition coefficient (Wildman–Crippen LogP) is 3.00. The van der Waals surface area contributed by atoms with Crippen molar-refractivity contribution in [1.82, 2.24) is 0 Å². The molecule has 33 heavy (non-hydrogen) atoms. The van der Waals surface area contributed by atoms with Gasteiger partial charge in [0.1, 0.15) is 0 Å². The van der Waals surface area contributed by atoms with E-state index < -0.39 is 11.9 Å². The third-order valence-electron chi connectivity index (χ3n) is 4.56. The van der Waals surface area contributed by atoms with Crippen molar-refractivity contribution in [2.24, 2.45) is 4.99 Å². The monoisotopic (exact) mass is 457 g/mol. The van der Waals surface area contributed by atoms with E-state index in [1.54, 1.807) is 24.3 Å². The Kier molecular flexibility index (Phi) is 7.07. The summed E-state index contributed by atoms with van der Waals surface area (Å²) in [5.41, 5.74) is 1.02. The number of aliphatic imine (C=N–C) groups is 1. The third-order valence-corrected chi connectivity index (χ3v) is 4.56. The molecular formula is C23H23NO9. The second-order valence-electron chi connectivity index (χ2n) is 6.60. The number of ether oxygens (including phenoxy) is 7. The Bertz CT molecular complexity index is 1100. The number of carbonyl (C=O) groups excluding carboxylic acids is 2. The Balaban J connectivity index is 2.04. The highest BCUT2D eigenvalue weighted by molar-refractivity contribution is 6.13. The van der Waals surface area contributed by atoms with Gasteiger partial charge in [-0.15, -0.1) is 0 Å². The van der Waals surface area contributed by atoms with Crippen LogP contribution in [0.4, 0.5) is 0 Å². The van der Waals surface area contributed by atoms with E-state index >= 15 is 0 Å². The fourth-order valence-corrected chi connectivity index (χ4v) is 3.12. The summed E-state index contributed by atoms with van der Waals surface area (Å²) < 4.78 is 37.1. The van der Waals surface area contributed by atoms with E-state index in [1.807, 2.05) is 0 Å². The first-order valence-corrected chi connectivity index (χ1v) is 9.62. The van der Waals surface area contributed by atoms with Crippen LogP contribution in [0.3, 0.4) is 0 Å². The van der Waals surface area contributed by atoms with Gasteiger partial charge in [0.15, 0.2) is 28.7 Å². The SMILES string of the molecule is COc1cc(C2=NC(=Cc3cc(OC)c(OC(C)=O)c(OC)c3)C(=O)O2)cc(OC)c1OC.